The molecular formula is C21H28O7. The molecule has 2 rings (SSSR count). The molecule has 154 valence electrons. The molecule has 1 aliphatic rings. The van der Waals surface area contributed by atoms with Crippen LogP contribution in [0.25, 0.3) is 0 Å². The normalized spacial score (nSPS) is 21.9. The number of phenols is 1. The fraction of sp³-hybridized carbons (Fsp3) is 0.524. The number of phenolic OH excluding ortho intramolecular Hbond substituents is 1. The summed E-state index contributed by atoms with van der Waals surface area (Å²) in [6.07, 6.45) is 1.42. The lowest BCUT2D eigenvalue weighted by atomic mass is 9.83. The Kier molecular flexibility index (Phi) is 6.72. The molecule has 1 aromatic rings. The van der Waals surface area contributed by atoms with E-state index < -0.39 is 30.3 Å². The highest BCUT2D eigenvalue weighted by molar-refractivity contribution is 5.67. The molecule has 0 radical (unpaired) electrons. The van der Waals surface area contributed by atoms with E-state index in [0.29, 0.717) is 16.9 Å². The molecule has 0 unspecified atom stereocenters. The molecule has 0 spiro atoms. The van der Waals surface area contributed by atoms with Gasteiger partial charge in [0.25, 0.3) is 0 Å². The van der Waals surface area contributed by atoms with Crippen molar-refractivity contribution in [2.45, 2.75) is 58.3 Å². The van der Waals surface area contributed by atoms with Gasteiger partial charge in [-0.2, -0.15) is 0 Å². The molecule has 7 nitrogen and oxygen atoms in total. The van der Waals surface area contributed by atoms with Gasteiger partial charge >= 0.3 is 11.9 Å². The molecule has 0 aliphatic carbocycles. The van der Waals surface area contributed by atoms with Crippen molar-refractivity contribution >= 4 is 11.9 Å². The minimum Gasteiger partial charge on any atom is -0.507 e. The molecule has 0 fully saturated rings. The summed E-state index contributed by atoms with van der Waals surface area (Å²) in [5.41, 5.74) is 0.862. The maximum atomic E-state index is 11.4. The number of methoxy groups -OCH3 is 1. The van der Waals surface area contributed by atoms with Crippen molar-refractivity contribution in [3.05, 3.63) is 35.4 Å². The monoisotopic (exact) mass is 392 g/mol. The van der Waals surface area contributed by atoms with Crippen molar-refractivity contribution in [3.63, 3.8) is 0 Å². The van der Waals surface area contributed by atoms with Gasteiger partial charge in [0.1, 0.15) is 36.4 Å². The molecule has 7 heteroatoms. The van der Waals surface area contributed by atoms with E-state index in [1.165, 1.54) is 13.8 Å². The molecule has 0 saturated carbocycles. The van der Waals surface area contributed by atoms with Gasteiger partial charge in [0.15, 0.2) is 0 Å². The summed E-state index contributed by atoms with van der Waals surface area (Å²) in [4.78, 5) is 22.5. The molecule has 0 bridgehead atoms. The van der Waals surface area contributed by atoms with E-state index in [9.17, 15) is 14.7 Å². The summed E-state index contributed by atoms with van der Waals surface area (Å²) < 4.78 is 21.7. The highest BCUT2D eigenvalue weighted by atomic mass is 16.6. The van der Waals surface area contributed by atoms with Gasteiger partial charge in [-0.05, 0) is 23.6 Å². The molecular weight excluding hydrogens is 364 g/mol. The van der Waals surface area contributed by atoms with Crippen LogP contribution in [0, 0.1) is 0 Å². The number of rotatable bonds is 5. The van der Waals surface area contributed by atoms with Crippen molar-refractivity contribution in [1.29, 1.82) is 0 Å². The van der Waals surface area contributed by atoms with E-state index in [1.54, 1.807) is 31.4 Å². The van der Waals surface area contributed by atoms with Gasteiger partial charge in [-0.1, -0.05) is 26.8 Å². The van der Waals surface area contributed by atoms with E-state index in [1.807, 2.05) is 20.8 Å². The van der Waals surface area contributed by atoms with Gasteiger partial charge in [0.05, 0.1) is 7.11 Å². The smallest absolute Gasteiger partial charge is 0.303 e. The molecule has 0 aromatic heterocycles. The molecule has 28 heavy (non-hydrogen) atoms. The second kappa shape index (κ2) is 8.65. The van der Waals surface area contributed by atoms with Crippen LogP contribution < -0.4 is 4.74 Å². The Bertz CT molecular complexity index is 761. The summed E-state index contributed by atoms with van der Waals surface area (Å²) in [6, 6.07) is 3.51. The Labute approximate surface area is 165 Å². The first-order valence-corrected chi connectivity index (χ1v) is 9.09. The van der Waals surface area contributed by atoms with E-state index >= 15 is 0 Å². The van der Waals surface area contributed by atoms with Crippen LogP contribution in [0.3, 0.4) is 0 Å². The fourth-order valence-corrected chi connectivity index (χ4v) is 3.18. The zero-order valence-electron chi connectivity index (χ0n) is 17.1. The zero-order valence-corrected chi connectivity index (χ0v) is 17.1. The maximum Gasteiger partial charge on any atom is 0.303 e. The van der Waals surface area contributed by atoms with Crippen LogP contribution in [0.1, 0.15) is 51.8 Å². The van der Waals surface area contributed by atoms with Gasteiger partial charge in [-0.15, -0.1) is 0 Å². The van der Waals surface area contributed by atoms with Gasteiger partial charge < -0.3 is 24.1 Å². The van der Waals surface area contributed by atoms with Gasteiger partial charge in [-0.25, -0.2) is 0 Å². The number of hydrogen-bond acceptors (Lipinski definition) is 7. The predicted molar refractivity (Wildman–Crippen MR) is 102 cm³/mol. The van der Waals surface area contributed by atoms with E-state index in [0.717, 1.165) is 0 Å². The van der Waals surface area contributed by atoms with Gasteiger partial charge in [0, 0.05) is 25.0 Å². The summed E-state index contributed by atoms with van der Waals surface area (Å²) in [6.45, 7) is 8.46. The van der Waals surface area contributed by atoms with Crippen LogP contribution in [-0.4, -0.2) is 43.0 Å². The molecule has 1 N–H and O–H groups in total. The first-order chi connectivity index (χ1) is 13.0. The SMILES string of the molecule is COc1ccc([C@@H]2C=C[C@H](OC(C)=O)[C@@H](COC(C)=O)O2)c(O)c1C(C)(C)C. The lowest BCUT2D eigenvalue weighted by Gasteiger charge is -2.33. The van der Waals surface area contributed by atoms with E-state index in [4.69, 9.17) is 18.9 Å². The third-order valence-corrected chi connectivity index (χ3v) is 4.36. The number of carbonyl (C=O) groups is 2. The fourth-order valence-electron chi connectivity index (χ4n) is 3.18. The Morgan fingerprint density at radius 1 is 1.14 bits per heavy atom. The Hall–Kier alpha value is -2.54. The first-order valence-electron chi connectivity index (χ1n) is 9.09. The van der Waals surface area contributed by atoms with Crippen LogP contribution in [0.4, 0.5) is 0 Å². The largest absolute Gasteiger partial charge is 0.507 e. The lowest BCUT2D eigenvalue weighted by molar-refractivity contribution is -0.163. The van der Waals surface area contributed by atoms with Gasteiger partial charge in [-0.3, -0.25) is 9.59 Å². The first kappa shape index (κ1) is 21.8. The topological polar surface area (TPSA) is 91.3 Å². The Morgan fingerprint density at radius 2 is 1.82 bits per heavy atom. The number of aromatic hydroxyl groups is 1. The standard InChI is InChI=1S/C21H28O7/c1-12(22)26-11-18-16(27-13(2)23)10-9-15(28-18)14-7-8-17(25-6)19(20(14)24)21(3,4)5/h7-10,15-16,18,24H,11H2,1-6H3/t15-,16-,18+/m0/s1. The molecule has 1 aliphatic heterocycles. The molecule has 0 saturated heterocycles. The summed E-state index contributed by atoms with van der Waals surface area (Å²) in [5.74, 6) is -0.258. The number of esters is 2. The Balaban J connectivity index is 2.39. The van der Waals surface area contributed by atoms with Crippen LogP contribution >= 0.6 is 0 Å². The van der Waals surface area contributed by atoms with Crippen molar-refractivity contribution in [1.82, 2.24) is 0 Å². The highest BCUT2D eigenvalue weighted by Gasteiger charge is 2.34. The summed E-state index contributed by atoms with van der Waals surface area (Å²) >= 11 is 0. The quantitative estimate of drug-likeness (QED) is 0.608. The minimum atomic E-state index is -0.692. The van der Waals surface area contributed by atoms with Crippen molar-refractivity contribution in [2.24, 2.45) is 0 Å². The van der Waals surface area contributed by atoms with E-state index in [-0.39, 0.29) is 17.8 Å². The average Bonchev–Trinajstić information content (AvgIpc) is 2.59. The maximum absolute atomic E-state index is 11.4. The second-order valence-electron chi connectivity index (χ2n) is 7.69. The number of carbonyl (C=O) groups excluding carboxylic acids is 2. The van der Waals surface area contributed by atoms with Crippen LogP contribution in [0.5, 0.6) is 11.5 Å². The average molecular weight is 392 g/mol. The third-order valence-electron chi connectivity index (χ3n) is 4.36. The predicted octanol–water partition coefficient (Wildman–Crippen LogP) is 3.19. The van der Waals surface area contributed by atoms with Crippen molar-refractivity contribution in [3.8, 4) is 11.5 Å². The lowest BCUT2D eigenvalue weighted by Crippen LogP contribution is -2.39. The zero-order chi connectivity index (χ0) is 21.1. The summed E-state index contributed by atoms with van der Waals surface area (Å²) in [7, 11) is 1.56. The molecule has 1 aromatic carbocycles. The molecule has 1 heterocycles. The minimum absolute atomic E-state index is 0.0723. The molecule has 0 amide bonds. The number of ether oxygens (including phenoxy) is 4. The van der Waals surface area contributed by atoms with Crippen LogP contribution in [0.2, 0.25) is 0 Å². The van der Waals surface area contributed by atoms with E-state index in [2.05, 4.69) is 0 Å². The van der Waals surface area contributed by atoms with Crippen LogP contribution in [-0.2, 0) is 29.2 Å². The van der Waals surface area contributed by atoms with Crippen LogP contribution in [0.15, 0.2) is 24.3 Å². The second-order valence-corrected chi connectivity index (χ2v) is 7.69. The highest BCUT2D eigenvalue weighted by Crippen LogP contribution is 2.44. The Morgan fingerprint density at radius 3 is 2.36 bits per heavy atom. The van der Waals surface area contributed by atoms with Gasteiger partial charge in [0.2, 0.25) is 0 Å². The number of benzene rings is 1. The summed E-state index contributed by atoms with van der Waals surface area (Å²) in [5, 5.41) is 10.9. The van der Waals surface area contributed by atoms with Crippen molar-refractivity contribution in [2.75, 3.05) is 13.7 Å². The number of hydrogen-bond donors (Lipinski definition) is 1. The van der Waals surface area contributed by atoms with Crippen molar-refractivity contribution < 1.29 is 33.6 Å². The third kappa shape index (κ3) is 5.04. The molecule has 3 atom stereocenters.